The quantitative estimate of drug-likeness (QED) is 0.586. The van der Waals surface area contributed by atoms with Gasteiger partial charge in [-0.25, -0.2) is 4.68 Å². The van der Waals surface area contributed by atoms with Crippen molar-refractivity contribution in [2.45, 2.75) is 13.0 Å². The molecule has 7 heteroatoms. The topological polar surface area (TPSA) is 65.8 Å². The van der Waals surface area contributed by atoms with E-state index in [1.807, 2.05) is 42.6 Å². The zero-order chi connectivity index (χ0) is 20.8. The summed E-state index contributed by atoms with van der Waals surface area (Å²) in [5.41, 5.74) is 2.66. The third-order valence-electron chi connectivity index (χ3n) is 4.63. The number of likely N-dealkylation sites (N-methyl/N-ethyl adjacent to an activating group) is 1. The Kier molecular flexibility index (Phi) is 6.39. The maximum atomic E-state index is 12.8. The predicted octanol–water partition coefficient (Wildman–Crippen LogP) is 3.10. The second-order valence-electron chi connectivity index (χ2n) is 6.55. The lowest BCUT2D eigenvalue weighted by molar-refractivity contribution is -0.129. The standard InChI is InChI=1S/C22H25N3O4/c1-24(14-16-13-23-25(15-16)18-8-6-5-7-9-18)20(26)12-17-10-11-19(27-2)22(29-4)21(17)28-3/h5-11,13,15H,12,14H2,1-4H3. The van der Waals surface area contributed by atoms with Crippen molar-refractivity contribution < 1.29 is 19.0 Å². The van der Waals surface area contributed by atoms with E-state index in [4.69, 9.17) is 14.2 Å². The van der Waals surface area contributed by atoms with Crippen LogP contribution in [-0.2, 0) is 17.8 Å². The molecule has 3 rings (SSSR count). The van der Waals surface area contributed by atoms with Crippen LogP contribution in [0.4, 0.5) is 0 Å². The Labute approximate surface area is 170 Å². The summed E-state index contributed by atoms with van der Waals surface area (Å²) in [6.07, 6.45) is 3.89. The van der Waals surface area contributed by atoms with Crippen LogP contribution in [0.15, 0.2) is 54.9 Å². The number of hydrogen-bond donors (Lipinski definition) is 0. The van der Waals surface area contributed by atoms with Crippen LogP contribution in [0.1, 0.15) is 11.1 Å². The van der Waals surface area contributed by atoms with E-state index < -0.39 is 0 Å². The van der Waals surface area contributed by atoms with E-state index in [2.05, 4.69) is 5.10 Å². The van der Waals surface area contributed by atoms with Gasteiger partial charge in [-0.3, -0.25) is 4.79 Å². The van der Waals surface area contributed by atoms with Crippen LogP contribution >= 0.6 is 0 Å². The summed E-state index contributed by atoms with van der Waals surface area (Å²) < 4.78 is 18.0. The highest BCUT2D eigenvalue weighted by molar-refractivity contribution is 5.80. The Bertz CT molecular complexity index is 969. The maximum Gasteiger partial charge on any atom is 0.227 e. The summed E-state index contributed by atoms with van der Waals surface area (Å²) in [5.74, 6) is 1.50. The number of nitrogens with zero attached hydrogens (tertiary/aromatic N) is 3. The summed E-state index contributed by atoms with van der Waals surface area (Å²) in [6.45, 7) is 0.460. The van der Waals surface area contributed by atoms with Crippen molar-refractivity contribution in [1.82, 2.24) is 14.7 Å². The first-order chi connectivity index (χ1) is 14.1. The SMILES string of the molecule is COc1ccc(CC(=O)N(C)Cc2cnn(-c3ccccc3)c2)c(OC)c1OC. The van der Waals surface area contributed by atoms with Gasteiger partial charge in [-0.15, -0.1) is 0 Å². The minimum atomic E-state index is -0.0389. The van der Waals surface area contributed by atoms with Crippen LogP contribution in [0.3, 0.4) is 0 Å². The lowest BCUT2D eigenvalue weighted by Crippen LogP contribution is -2.27. The fraction of sp³-hybridized carbons (Fsp3) is 0.273. The van der Waals surface area contributed by atoms with Crippen molar-refractivity contribution in [3.05, 3.63) is 66.0 Å². The van der Waals surface area contributed by atoms with E-state index in [1.165, 1.54) is 0 Å². The number of carbonyl (C=O) groups excluding carboxylic acids is 1. The first kappa shape index (κ1) is 20.3. The molecule has 0 atom stereocenters. The second kappa shape index (κ2) is 9.14. The van der Waals surface area contributed by atoms with Crippen molar-refractivity contribution in [2.24, 2.45) is 0 Å². The molecule has 1 heterocycles. The molecule has 29 heavy (non-hydrogen) atoms. The Morgan fingerprint density at radius 1 is 1.00 bits per heavy atom. The number of rotatable bonds is 8. The second-order valence-corrected chi connectivity index (χ2v) is 6.55. The average molecular weight is 395 g/mol. The van der Waals surface area contributed by atoms with Crippen LogP contribution in [0, 0.1) is 0 Å². The van der Waals surface area contributed by atoms with E-state index in [9.17, 15) is 4.79 Å². The van der Waals surface area contributed by atoms with E-state index >= 15 is 0 Å². The monoisotopic (exact) mass is 395 g/mol. The number of para-hydroxylation sites is 1. The molecule has 0 bridgehead atoms. The van der Waals surface area contributed by atoms with E-state index in [0.29, 0.717) is 23.8 Å². The molecule has 0 aliphatic heterocycles. The molecule has 0 aliphatic rings. The minimum Gasteiger partial charge on any atom is -0.493 e. The van der Waals surface area contributed by atoms with Crippen molar-refractivity contribution in [3.8, 4) is 22.9 Å². The normalized spacial score (nSPS) is 10.5. The van der Waals surface area contributed by atoms with Gasteiger partial charge in [0.25, 0.3) is 0 Å². The smallest absolute Gasteiger partial charge is 0.227 e. The Hall–Kier alpha value is -3.48. The highest BCUT2D eigenvalue weighted by Gasteiger charge is 2.19. The molecule has 0 unspecified atom stereocenters. The zero-order valence-corrected chi connectivity index (χ0v) is 17.1. The van der Waals surface area contributed by atoms with Crippen molar-refractivity contribution in [1.29, 1.82) is 0 Å². The van der Waals surface area contributed by atoms with Crippen molar-refractivity contribution in [2.75, 3.05) is 28.4 Å². The molecule has 0 N–H and O–H groups in total. The summed E-state index contributed by atoms with van der Waals surface area (Å²) in [5, 5.41) is 4.38. The molecule has 1 amide bonds. The Morgan fingerprint density at radius 3 is 2.38 bits per heavy atom. The van der Waals surface area contributed by atoms with E-state index in [-0.39, 0.29) is 12.3 Å². The number of amides is 1. The molecule has 0 fully saturated rings. The summed E-state index contributed by atoms with van der Waals surface area (Å²) in [6, 6.07) is 13.4. The summed E-state index contributed by atoms with van der Waals surface area (Å²) >= 11 is 0. The van der Waals surface area contributed by atoms with Gasteiger partial charge in [0.2, 0.25) is 11.7 Å². The molecule has 1 aromatic heterocycles. The zero-order valence-electron chi connectivity index (χ0n) is 17.1. The van der Waals surface area contributed by atoms with E-state index in [1.54, 1.807) is 50.2 Å². The number of benzene rings is 2. The minimum absolute atomic E-state index is 0.0389. The lowest BCUT2D eigenvalue weighted by Gasteiger charge is -2.19. The predicted molar refractivity (Wildman–Crippen MR) is 110 cm³/mol. The average Bonchev–Trinajstić information content (AvgIpc) is 3.22. The maximum absolute atomic E-state index is 12.8. The number of methoxy groups -OCH3 is 3. The van der Waals surface area contributed by atoms with Crippen LogP contribution < -0.4 is 14.2 Å². The number of aromatic nitrogens is 2. The molecule has 152 valence electrons. The largest absolute Gasteiger partial charge is 0.493 e. The number of carbonyl (C=O) groups is 1. The third-order valence-corrected chi connectivity index (χ3v) is 4.63. The molecule has 3 aromatic rings. The number of ether oxygens (including phenoxy) is 3. The molecule has 7 nitrogen and oxygen atoms in total. The molecule has 0 radical (unpaired) electrons. The van der Waals surface area contributed by atoms with Crippen LogP contribution in [0.5, 0.6) is 17.2 Å². The van der Waals surface area contributed by atoms with Gasteiger partial charge in [0.05, 0.1) is 39.6 Å². The summed E-state index contributed by atoms with van der Waals surface area (Å²) in [7, 11) is 6.43. The number of hydrogen-bond acceptors (Lipinski definition) is 5. The van der Waals surface area contributed by atoms with Gasteiger partial charge in [-0.2, -0.15) is 5.10 Å². The van der Waals surface area contributed by atoms with Gasteiger partial charge in [0.1, 0.15) is 0 Å². The fourth-order valence-corrected chi connectivity index (χ4v) is 3.13. The van der Waals surface area contributed by atoms with Crippen molar-refractivity contribution in [3.63, 3.8) is 0 Å². The summed E-state index contributed by atoms with van der Waals surface area (Å²) in [4.78, 5) is 14.5. The first-order valence-electron chi connectivity index (χ1n) is 9.18. The first-order valence-corrected chi connectivity index (χ1v) is 9.18. The van der Waals surface area contributed by atoms with Gasteiger partial charge < -0.3 is 19.1 Å². The third kappa shape index (κ3) is 4.51. The molecule has 0 saturated carbocycles. The van der Waals surface area contributed by atoms with Gasteiger partial charge in [0, 0.05) is 30.9 Å². The van der Waals surface area contributed by atoms with Crippen LogP contribution in [0.2, 0.25) is 0 Å². The van der Waals surface area contributed by atoms with Crippen molar-refractivity contribution >= 4 is 5.91 Å². The fourth-order valence-electron chi connectivity index (χ4n) is 3.13. The van der Waals surface area contributed by atoms with Crippen LogP contribution in [0.25, 0.3) is 5.69 Å². The molecule has 0 aliphatic carbocycles. The van der Waals surface area contributed by atoms with Gasteiger partial charge >= 0.3 is 0 Å². The highest BCUT2D eigenvalue weighted by atomic mass is 16.5. The Balaban J connectivity index is 1.71. The van der Waals surface area contributed by atoms with Gasteiger partial charge in [-0.05, 0) is 18.2 Å². The van der Waals surface area contributed by atoms with Gasteiger partial charge in [-0.1, -0.05) is 24.3 Å². The Morgan fingerprint density at radius 2 is 1.72 bits per heavy atom. The van der Waals surface area contributed by atoms with Gasteiger partial charge in [0.15, 0.2) is 11.5 Å². The molecule has 0 saturated heterocycles. The molecule has 2 aromatic carbocycles. The molecular formula is C22H25N3O4. The molecular weight excluding hydrogens is 370 g/mol. The molecule has 0 spiro atoms. The lowest BCUT2D eigenvalue weighted by atomic mass is 10.1. The van der Waals surface area contributed by atoms with E-state index in [0.717, 1.165) is 16.8 Å². The van der Waals surface area contributed by atoms with Crippen LogP contribution in [-0.4, -0.2) is 49.0 Å². The highest BCUT2D eigenvalue weighted by Crippen LogP contribution is 2.40.